The van der Waals surface area contributed by atoms with Crippen molar-refractivity contribution in [3.05, 3.63) is 0 Å². The van der Waals surface area contributed by atoms with Crippen molar-refractivity contribution < 1.29 is 0 Å². The zero-order chi connectivity index (χ0) is 12.4. The first-order valence-corrected chi connectivity index (χ1v) is 8.68. The van der Waals surface area contributed by atoms with Crippen LogP contribution in [0, 0.1) is 0 Å². The highest BCUT2D eigenvalue weighted by atomic mass is 127. The van der Waals surface area contributed by atoms with E-state index in [1.807, 2.05) is 0 Å². The molecule has 0 aliphatic carbocycles. The molecule has 0 amide bonds. The van der Waals surface area contributed by atoms with Gasteiger partial charge in [-0.1, -0.05) is 21.6 Å². The number of nitrogens with one attached hydrogen (secondary N) is 1. The minimum absolute atomic E-state index is 0.696. The Labute approximate surface area is 118 Å². The Morgan fingerprint density at radius 2 is 1.56 bits per heavy atom. The molecule has 0 rings (SSSR count). The molecule has 0 aliphatic heterocycles. The predicted octanol–water partition coefficient (Wildman–Crippen LogP) is 4.20. The Hall–Kier alpha value is 1.08. The molecular weight excluding hydrogens is 330 g/mol. The summed E-state index contributed by atoms with van der Waals surface area (Å²) in [5.41, 5.74) is 0. The summed E-state index contributed by atoms with van der Waals surface area (Å²) in [7, 11) is 1.01. The van der Waals surface area contributed by atoms with E-state index in [4.69, 9.17) is 0 Å². The fourth-order valence-corrected chi connectivity index (χ4v) is 3.62. The third-order valence-corrected chi connectivity index (χ3v) is 5.12. The molecule has 0 fully saturated rings. The summed E-state index contributed by atoms with van der Waals surface area (Å²) in [5, 5.41) is 0. The minimum Gasteiger partial charge on any atom is -0.280 e. The number of unbranched alkanes of at least 4 members (excludes halogenated alkanes) is 3. The first-order chi connectivity index (χ1) is 7.59. The lowest BCUT2D eigenvalue weighted by atomic mass is 10.2. The molecule has 1 N–H and O–H groups in total. The largest absolute Gasteiger partial charge is 0.280 e. The molecule has 4 heteroatoms. The van der Waals surface area contributed by atoms with E-state index in [1.165, 1.54) is 31.8 Å². The van der Waals surface area contributed by atoms with E-state index < -0.39 is 0 Å². The number of nitrogens with zero attached hydrogens (tertiary/aromatic N) is 1. The third kappa shape index (κ3) is 9.15. The number of hydrogen-bond acceptors (Lipinski definition) is 2. The fourth-order valence-electron chi connectivity index (χ4n) is 1.84. The van der Waals surface area contributed by atoms with E-state index in [9.17, 15) is 0 Å². The van der Waals surface area contributed by atoms with Crippen LogP contribution in [-0.4, -0.2) is 29.5 Å². The first-order valence-electron chi connectivity index (χ1n) is 6.45. The Balaban J connectivity index is 3.41. The van der Waals surface area contributed by atoms with Gasteiger partial charge in [0.05, 0.1) is 0 Å². The molecule has 0 aromatic heterocycles. The maximum Gasteiger partial charge on any atom is 0.0169 e. The van der Waals surface area contributed by atoms with Crippen molar-refractivity contribution in [3.63, 3.8) is 0 Å². The number of rotatable bonds is 10. The molecular formula is C12H28IN2P. The van der Waals surface area contributed by atoms with Crippen LogP contribution in [0.1, 0.15) is 53.4 Å². The van der Waals surface area contributed by atoms with Crippen molar-refractivity contribution in [2.45, 2.75) is 65.5 Å². The highest BCUT2D eigenvalue weighted by molar-refractivity contribution is 14.1. The summed E-state index contributed by atoms with van der Waals surface area (Å²) in [5.74, 6) is 0. The maximum absolute atomic E-state index is 3.17. The average molecular weight is 358 g/mol. The van der Waals surface area contributed by atoms with Crippen LogP contribution in [0.2, 0.25) is 0 Å². The van der Waals surface area contributed by atoms with Crippen LogP contribution in [0.15, 0.2) is 0 Å². The van der Waals surface area contributed by atoms with Crippen LogP contribution >= 0.6 is 31.6 Å². The van der Waals surface area contributed by atoms with Crippen LogP contribution in [-0.2, 0) is 0 Å². The molecule has 16 heavy (non-hydrogen) atoms. The molecule has 98 valence electrons. The summed E-state index contributed by atoms with van der Waals surface area (Å²) in [6.45, 7) is 10.4. The summed E-state index contributed by atoms with van der Waals surface area (Å²) in [4.78, 5) is 0. The second kappa shape index (κ2) is 11.2. The first kappa shape index (κ1) is 17.1. The molecule has 0 aliphatic rings. The third-order valence-electron chi connectivity index (χ3n) is 2.61. The van der Waals surface area contributed by atoms with Crippen molar-refractivity contribution in [1.82, 2.24) is 8.20 Å². The predicted molar refractivity (Wildman–Crippen MR) is 85.8 cm³/mol. The van der Waals surface area contributed by atoms with Crippen LogP contribution < -0.4 is 3.53 Å². The summed E-state index contributed by atoms with van der Waals surface area (Å²) >= 11 is 2.22. The van der Waals surface area contributed by atoms with Gasteiger partial charge in [-0.3, -0.25) is 8.20 Å². The highest BCUT2D eigenvalue weighted by Crippen LogP contribution is 2.25. The summed E-state index contributed by atoms with van der Waals surface area (Å²) in [6.07, 6.45) is 6.88. The molecule has 0 saturated carbocycles. The van der Waals surface area contributed by atoms with Gasteiger partial charge in [0, 0.05) is 41.5 Å². The van der Waals surface area contributed by atoms with Crippen molar-refractivity contribution >= 4 is 31.6 Å². The van der Waals surface area contributed by atoms with Crippen LogP contribution in [0.4, 0.5) is 0 Å². The lowest BCUT2D eigenvalue weighted by Crippen LogP contribution is -2.29. The Morgan fingerprint density at radius 3 is 2.06 bits per heavy atom. The monoisotopic (exact) mass is 358 g/mol. The zero-order valence-electron chi connectivity index (χ0n) is 11.2. The van der Waals surface area contributed by atoms with Crippen LogP contribution in [0.3, 0.4) is 0 Å². The molecule has 0 spiro atoms. The quantitative estimate of drug-likeness (QED) is 0.273. The topological polar surface area (TPSA) is 15.3 Å². The van der Waals surface area contributed by atoms with Gasteiger partial charge in [-0.25, -0.2) is 0 Å². The number of halogens is 1. The van der Waals surface area contributed by atoms with Gasteiger partial charge in [0.25, 0.3) is 0 Å². The second-order valence-electron chi connectivity index (χ2n) is 4.80. The van der Waals surface area contributed by atoms with Crippen LogP contribution in [0.25, 0.3) is 0 Å². The summed E-state index contributed by atoms with van der Waals surface area (Å²) in [6, 6.07) is 1.39. The molecule has 0 aromatic rings. The smallest absolute Gasteiger partial charge is 0.0169 e. The van der Waals surface area contributed by atoms with Gasteiger partial charge >= 0.3 is 0 Å². The van der Waals surface area contributed by atoms with Gasteiger partial charge in [0.2, 0.25) is 0 Å². The van der Waals surface area contributed by atoms with E-state index in [-0.39, 0.29) is 0 Å². The van der Waals surface area contributed by atoms with E-state index in [2.05, 4.69) is 58.8 Å². The van der Waals surface area contributed by atoms with Crippen molar-refractivity contribution in [3.8, 4) is 0 Å². The van der Waals surface area contributed by atoms with Gasteiger partial charge in [-0.2, -0.15) is 0 Å². The summed E-state index contributed by atoms with van der Waals surface area (Å²) < 4.78 is 5.79. The molecule has 1 unspecified atom stereocenters. The van der Waals surface area contributed by atoms with Gasteiger partial charge in [0.15, 0.2) is 0 Å². The normalized spacial score (nSPS) is 12.8. The fraction of sp³-hybridized carbons (Fsp3) is 1.00. The van der Waals surface area contributed by atoms with Crippen molar-refractivity contribution in [2.24, 2.45) is 0 Å². The maximum atomic E-state index is 3.17. The van der Waals surface area contributed by atoms with E-state index in [0.717, 1.165) is 15.3 Å². The Bertz CT molecular complexity index is 146. The van der Waals surface area contributed by atoms with E-state index >= 15 is 0 Å². The van der Waals surface area contributed by atoms with Crippen molar-refractivity contribution in [1.29, 1.82) is 0 Å². The highest BCUT2D eigenvalue weighted by Gasteiger charge is 2.11. The van der Waals surface area contributed by atoms with Crippen LogP contribution in [0.5, 0.6) is 0 Å². The van der Waals surface area contributed by atoms with Gasteiger partial charge in [0.1, 0.15) is 0 Å². The van der Waals surface area contributed by atoms with Gasteiger partial charge in [-0.05, 0) is 46.7 Å². The van der Waals surface area contributed by atoms with E-state index in [1.54, 1.807) is 0 Å². The molecule has 0 saturated heterocycles. The lowest BCUT2D eigenvalue weighted by molar-refractivity contribution is 0.328. The standard InChI is InChI=1S/C12H28IN2P/c1-11(2)15(12(3)4)16-10-8-6-5-7-9-14-13/h11-12,14,16H,5-10H2,1-4H3. The Morgan fingerprint density at radius 1 is 1.00 bits per heavy atom. The lowest BCUT2D eigenvalue weighted by Gasteiger charge is -2.30. The molecule has 0 heterocycles. The zero-order valence-corrected chi connectivity index (χ0v) is 14.4. The van der Waals surface area contributed by atoms with Gasteiger partial charge < -0.3 is 0 Å². The molecule has 0 radical (unpaired) electrons. The molecule has 0 bridgehead atoms. The Kier molecular flexibility index (Phi) is 11.9. The molecule has 2 nitrogen and oxygen atoms in total. The SMILES string of the molecule is CC(C)N(PCCCCCCNI)C(C)C. The minimum atomic E-state index is 0.696. The number of hydrogen-bond donors (Lipinski definition) is 1. The average Bonchev–Trinajstić information content (AvgIpc) is 2.21. The molecule has 1 atom stereocenters. The van der Waals surface area contributed by atoms with E-state index in [0.29, 0.717) is 12.1 Å². The van der Waals surface area contributed by atoms with Crippen molar-refractivity contribution in [2.75, 3.05) is 12.7 Å². The van der Waals surface area contributed by atoms with Gasteiger partial charge in [-0.15, -0.1) is 0 Å². The second-order valence-corrected chi connectivity index (χ2v) is 6.90. The molecule has 0 aromatic carbocycles.